The van der Waals surface area contributed by atoms with Crippen molar-refractivity contribution in [3.63, 3.8) is 0 Å². The van der Waals surface area contributed by atoms with E-state index in [1.165, 1.54) is 0 Å². The molecular weight excluding hydrogens is 332 g/mol. The molecule has 142 valence electrons. The van der Waals surface area contributed by atoms with Crippen molar-refractivity contribution in [3.8, 4) is 0 Å². The number of likely N-dealkylation sites (tertiary alicyclic amines) is 2. The molecule has 7 heteroatoms. The van der Waals surface area contributed by atoms with E-state index in [0.29, 0.717) is 32.5 Å². The van der Waals surface area contributed by atoms with Crippen LogP contribution in [-0.2, 0) is 26.5 Å². The zero-order chi connectivity index (χ0) is 18.3. The van der Waals surface area contributed by atoms with Gasteiger partial charge in [0.2, 0.25) is 5.91 Å². The van der Waals surface area contributed by atoms with Gasteiger partial charge in [-0.05, 0) is 12.8 Å². The van der Waals surface area contributed by atoms with E-state index in [1.807, 2.05) is 29.8 Å². The Morgan fingerprint density at radius 3 is 2.50 bits per heavy atom. The summed E-state index contributed by atoms with van der Waals surface area (Å²) in [5.74, 6) is 1.19. The van der Waals surface area contributed by atoms with Gasteiger partial charge in [-0.2, -0.15) is 0 Å². The van der Waals surface area contributed by atoms with Gasteiger partial charge in [-0.15, -0.1) is 0 Å². The fourth-order valence-electron chi connectivity index (χ4n) is 4.46. The lowest BCUT2D eigenvalue weighted by molar-refractivity contribution is -0.182. The fourth-order valence-corrected chi connectivity index (χ4v) is 4.46. The van der Waals surface area contributed by atoms with Crippen LogP contribution >= 0.6 is 0 Å². The van der Waals surface area contributed by atoms with Crippen LogP contribution in [0.25, 0.3) is 0 Å². The first-order chi connectivity index (χ1) is 12.5. The quantitative estimate of drug-likeness (QED) is 0.799. The number of imidazole rings is 1. The highest BCUT2D eigenvalue weighted by Gasteiger charge is 2.48. The van der Waals surface area contributed by atoms with Crippen molar-refractivity contribution in [3.05, 3.63) is 18.2 Å². The minimum absolute atomic E-state index is 0.00260. The van der Waals surface area contributed by atoms with Crippen molar-refractivity contribution < 1.29 is 14.3 Å². The van der Waals surface area contributed by atoms with E-state index >= 15 is 0 Å². The van der Waals surface area contributed by atoms with Gasteiger partial charge in [0.05, 0.1) is 6.54 Å². The van der Waals surface area contributed by atoms with Crippen LogP contribution in [0.5, 0.6) is 0 Å². The number of piperidine rings is 1. The van der Waals surface area contributed by atoms with Gasteiger partial charge in [0.25, 0.3) is 5.91 Å². The molecule has 0 bridgehead atoms. The van der Waals surface area contributed by atoms with Gasteiger partial charge in [-0.25, -0.2) is 4.98 Å². The number of hydrogen-bond donors (Lipinski definition) is 0. The fraction of sp³-hybridized carbons (Fsp3) is 0.737. The standard InChI is InChI=1S/C19H28N4O3/c1-14(2)16(24)22-10-5-19(6-11-22)18-20-7-12-23(18)13-15(26-19)17(25)21-8-3-4-9-21/h7,12,14-15H,3-6,8-11,13H2,1-2H3/t15-/m1/s1. The van der Waals surface area contributed by atoms with E-state index in [0.717, 1.165) is 31.8 Å². The van der Waals surface area contributed by atoms with Crippen LogP contribution in [-0.4, -0.2) is 63.4 Å². The predicted molar refractivity (Wildman–Crippen MR) is 95.2 cm³/mol. The summed E-state index contributed by atoms with van der Waals surface area (Å²) in [6.07, 6.45) is 6.79. The van der Waals surface area contributed by atoms with Crippen molar-refractivity contribution >= 4 is 11.8 Å². The van der Waals surface area contributed by atoms with E-state index < -0.39 is 11.7 Å². The Hall–Kier alpha value is -1.89. The van der Waals surface area contributed by atoms with Crippen molar-refractivity contribution in [1.29, 1.82) is 0 Å². The molecule has 0 saturated carbocycles. The van der Waals surface area contributed by atoms with E-state index in [-0.39, 0.29) is 17.7 Å². The highest BCUT2D eigenvalue weighted by atomic mass is 16.5. The second-order valence-corrected chi connectivity index (χ2v) is 8.02. The maximum atomic E-state index is 12.9. The summed E-state index contributed by atoms with van der Waals surface area (Å²) in [6, 6.07) is 0. The van der Waals surface area contributed by atoms with Gasteiger partial charge < -0.3 is 19.1 Å². The second kappa shape index (κ2) is 6.68. The summed E-state index contributed by atoms with van der Waals surface area (Å²) < 4.78 is 8.52. The molecule has 3 aliphatic heterocycles. The minimum Gasteiger partial charge on any atom is -0.352 e. The third-order valence-corrected chi connectivity index (χ3v) is 5.92. The number of nitrogens with zero attached hydrogens (tertiary/aromatic N) is 4. The van der Waals surface area contributed by atoms with Crippen LogP contribution in [0.2, 0.25) is 0 Å². The highest BCUT2D eigenvalue weighted by molar-refractivity contribution is 5.81. The molecule has 0 aliphatic carbocycles. The summed E-state index contributed by atoms with van der Waals surface area (Å²) in [7, 11) is 0. The van der Waals surface area contributed by atoms with Crippen LogP contribution in [0.15, 0.2) is 12.4 Å². The first-order valence-electron chi connectivity index (χ1n) is 9.77. The Balaban J connectivity index is 1.54. The lowest BCUT2D eigenvalue weighted by atomic mass is 9.88. The molecule has 7 nitrogen and oxygen atoms in total. The SMILES string of the molecule is CC(C)C(=O)N1CCC2(CC1)O[C@@H](C(=O)N1CCCC1)Cn1ccnc12. The largest absolute Gasteiger partial charge is 0.352 e. The maximum absolute atomic E-state index is 12.9. The Morgan fingerprint density at radius 2 is 1.85 bits per heavy atom. The van der Waals surface area contributed by atoms with Gasteiger partial charge >= 0.3 is 0 Å². The van der Waals surface area contributed by atoms with Crippen LogP contribution in [0.3, 0.4) is 0 Å². The number of ether oxygens (including phenoxy) is 1. The Bertz CT molecular complexity index is 685. The first kappa shape index (κ1) is 17.5. The molecule has 1 spiro atoms. The zero-order valence-corrected chi connectivity index (χ0v) is 15.7. The molecule has 1 aromatic rings. The Kier molecular flexibility index (Phi) is 4.50. The summed E-state index contributed by atoms with van der Waals surface area (Å²) >= 11 is 0. The molecule has 0 radical (unpaired) electrons. The number of carbonyl (C=O) groups is 2. The van der Waals surface area contributed by atoms with E-state index in [4.69, 9.17) is 4.74 Å². The summed E-state index contributed by atoms with van der Waals surface area (Å²) in [5, 5.41) is 0. The van der Waals surface area contributed by atoms with Crippen LogP contribution in [0.1, 0.15) is 45.4 Å². The molecule has 2 saturated heterocycles. The van der Waals surface area contributed by atoms with Crippen LogP contribution in [0, 0.1) is 5.92 Å². The number of aromatic nitrogens is 2. The molecule has 2 amide bonds. The normalized spacial score (nSPS) is 25.0. The van der Waals surface area contributed by atoms with Crippen molar-refractivity contribution in [2.45, 2.75) is 57.8 Å². The predicted octanol–water partition coefficient (Wildman–Crippen LogP) is 1.38. The zero-order valence-electron chi connectivity index (χ0n) is 15.7. The summed E-state index contributed by atoms with van der Waals surface area (Å²) in [6.45, 7) is 7.35. The average molecular weight is 360 g/mol. The molecule has 4 rings (SSSR count). The molecule has 0 N–H and O–H groups in total. The minimum atomic E-state index is -0.560. The van der Waals surface area contributed by atoms with Crippen molar-refractivity contribution in [2.24, 2.45) is 5.92 Å². The monoisotopic (exact) mass is 360 g/mol. The lowest BCUT2D eigenvalue weighted by Gasteiger charge is -2.46. The molecule has 1 aromatic heterocycles. The van der Waals surface area contributed by atoms with E-state index in [1.54, 1.807) is 6.20 Å². The smallest absolute Gasteiger partial charge is 0.253 e. The molecule has 4 heterocycles. The van der Waals surface area contributed by atoms with Gasteiger partial charge in [0.1, 0.15) is 11.4 Å². The molecule has 0 aromatic carbocycles. The number of amides is 2. The van der Waals surface area contributed by atoms with E-state index in [9.17, 15) is 9.59 Å². The third-order valence-electron chi connectivity index (χ3n) is 5.92. The number of hydrogen-bond acceptors (Lipinski definition) is 4. The van der Waals surface area contributed by atoms with Crippen LogP contribution in [0.4, 0.5) is 0 Å². The summed E-state index contributed by atoms with van der Waals surface area (Å²) in [5.41, 5.74) is -0.560. The molecular formula is C19H28N4O3. The average Bonchev–Trinajstić information content (AvgIpc) is 3.33. The summed E-state index contributed by atoms with van der Waals surface area (Å²) in [4.78, 5) is 33.6. The van der Waals surface area contributed by atoms with E-state index in [2.05, 4.69) is 9.55 Å². The Labute approximate surface area is 154 Å². The first-order valence-corrected chi connectivity index (χ1v) is 9.77. The van der Waals surface area contributed by atoms with Gasteiger partial charge in [-0.1, -0.05) is 13.8 Å². The maximum Gasteiger partial charge on any atom is 0.253 e. The molecule has 1 atom stereocenters. The number of carbonyl (C=O) groups excluding carboxylic acids is 2. The lowest BCUT2D eigenvalue weighted by Crippen LogP contribution is -2.55. The Morgan fingerprint density at radius 1 is 1.15 bits per heavy atom. The third kappa shape index (κ3) is 2.92. The second-order valence-electron chi connectivity index (χ2n) is 8.02. The van der Waals surface area contributed by atoms with Gasteiger partial charge in [-0.3, -0.25) is 9.59 Å². The van der Waals surface area contributed by atoms with Gasteiger partial charge in [0.15, 0.2) is 6.10 Å². The molecule has 3 aliphatic rings. The van der Waals surface area contributed by atoms with Gasteiger partial charge in [0, 0.05) is 57.3 Å². The molecule has 2 fully saturated rings. The molecule has 0 unspecified atom stereocenters. The number of fused-ring (bicyclic) bond motifs is 2. The van der Waals surface area contributed by atoms with Crippen LogP contribution < -0.4 is 0 Å². The highest BCUT2D eigenvalue weighted by Crippen LogP contribution is 2.40. The van der Waals surface area contributed by atoms with Crippen molar-refractivity contribution in [1.82, 2.24) is 19.4 Å². The van der Waals surface area contributed by atoms with Crippen molar-refractivity contribution in [2.75, 3.05) is 26.2 Å². The number of rotatable bonds is 2. The molecule has 26 heavy (non-hydrogen) atoms. The topological polar surface area (TPSA) is 67.7 Å².